The summed E-state index contributed by atoms with van der Waals surface area (Å²) < 4.78 is 15.9. The Balaban J connectivity index is 2.41. The van der Waals surface area contributed by atoms with Crippen molar-refractivity contribution in [3.8, 4) is 11.5 Å². The highest BCUT2D eigenvalue weighted by Gasteiger charge is 2.26. The number of hydrogen-bond acceptors (Lipinski definition) is 9. The summed E-state index contributed by atoms with van der Waals surface area (Å²) in [6.45, 7) is 1.14. The van der Waals surface area contributed by atoms with Crippen molar-refractivity contribution in [1.29, 1.82) is 0 Å². The fourth-order valence-electron chi connectivity index (χ4n) is 3.04. The van der Waals surface area contributed by atoms with Crippen LogP contribution in [-0.4, -0.2) is 60.0 Å². The van der Waals surface area contributed by atoms with Gasteiger partial charge in [0.2, 0.25) is 5.91 Å². The molecule has 11 nitrogen and oxygen atoms in total. The van der Waals surface area contributed by atoms with Crippen LogP contribution in [0.1, 0.15) is 29.8 Å². The van der Waals surface area contributed by atoms with Gasteiger partial charge in [-0.25, -0.2) is 4.79 Å². The number of methoxy groups -OCH3 is 1. The van der Waals surface area contributed by atoms with Crippen molar-refractivity contribution in [2.24, 2.45) is 0 Å². The van der Waals surface area contributed by atoms with E-state index < -0.39 is 36.3 Å². The first kappa shape index (κ1) is 27.5. The van der Waals surface area contributed by atoms with Gasteiger partial charge < -0.3 is 24.6 Å². The number of halogens is 1. The van der Waals surface area contributed by atoms with Crippen LogP contribution in [-0.2, 0) is 30.5 Å². The van der Waals surface area contributed by atoms with Gasteiger partial charge in [-0.15, -0.1) is 0 Å². The number of carbonyl (C=O) groups is 5. The predicted molar refractivity (Wildman–Crippen MR) is 126 cm³/mol. The number of ether oxygens (including phenoxy) is 3. The summed E-state index contributed by atoms with van der Waals surface area (Å²) in [7, 11) is 1.12. The summed E-state index contributed by atoms with van der Waals surface area (Å²) in [5.41, 5.74) is 0.524. The molecule has 0 heterocycles. The number of esters is 3. The molecule has 0 bridgehead atoms. The second kappa shape index (κ2) is 12.6. The zero-order chi connectivity index (χ0) is 26.1. The first-order chi connectivity index (χ1) is 16.5. The van der Waals surface area contributed by atoms with E-state index in [1.165, 1.54) is 17.0 Å². The Morgan fingerprint density at radius 1 is 0.914 bits per heavy atom. The first-order valence-electron chi connectivity index (χ1n) is 10.1. The standard InChI is InChI=1S/C23H23BrN2O9/c1-13(27)34-21-15(4-9-18(23(32)33-3)22(21)35-14(2)28)10-26(12-20(30)31)11-19(29)25-17-7-5-16(24)6-8-17/h4-9H,10-12H2,1-3H3,(H,25,29)(H,30,31). The molecule has 0 radical (unpaired) electrons. The molecule has 0 fully saturated rings. The smallest absolute Gasteiger partial charge is 0.341 e. The summed E-state index contributed by atoms with van der Waals surface area (Å²) in [4.78, 5) is 60.9. The fraction of sp³-hybridized carbons (Fsp3) is 0.261. The lowest BCUT2D eigenvalue weighted by Gasteiger charge is -2.22. The number of nitrogens with one attached hydrogen (secondary N) is 1. The molecule has 0 unspecified atom stereocenters. The van der Waals surface area contributed by atoms with Gasteiger partial charge in [-0.2, -0.15) is 0 Å². The van der Waals surface area contributed by atoms with Gasteiger partial charge in [0.1, 0.15) is 5.56 Å². The summed E-state index contributed by atoms with van der Waals surface area (Å²) >= 11 is 3.30. The van der Waals surface area contributed by atoms with Crippen molar-refractivity contribution in [2.45, 2.75) is 20.4 Å². The topological polar surface area (TPSA) is 149 Å². The average Bonchev–Trinajstić information content (AvgIpc) is 2.76. The van der Waals surface area contributed by atoms with Gasteiger partial charge in [0.05, 0.1) is 20.2 Å². The Morgan fingerprint density at radius 2 is 1.51 bits per heavy atom. The van der Waals surface area contributed by atoms with Crippen LogP contribution in [0.25, 0.3) is 0 Å². The number of carbonyl (C=O) groups excluding carboxylic acids is 4. The lowest BCUT2D eigenvalue weighted by Crippen LogP contribution is -2.36. The van der Waals surface area contributed by atoms with E-state index in [0.717, 1.165) is 25.4 Å². The fourth-order valence-corrected chi connectivity index (χ4v) is 3.30. The van der Waals surface area contributed by atoms with Crippen molar-refractivity contribution in [2.75, 3.05) is 25.5 Å². The number of nitrogens with zero attached hydrogens (tertiary/aromatic N) is 1. The van der Waals surface area contributed by atoms with Crippen LogP contribution in [0.5, 0.6) is 11.5 Å². The molecule has 0 atom stereocenters. The highest BCUT2D eigenvalue weighted by atomic mass is 79.9. The zero-order valence-corrected chi connectivity index (χ0v) is 20.7. The van der Waals surface area contributed by atoms with E-state index in [9.17, 15) is 29.1 Å². The van der Waals surface area contributed by atoms with Gasteiger partial charge in [-0.3, -0.25) is 24.1 Å². The molecule has 0 saturated heterocycles. The molecule has 2 N–H and O–H groups in total. The molecular weight excluding hydrogens is 528 g/mol. The Labute approximate surface area is 209 Å². The maximum absolute atomic E-state index is 12.6. The van der Waals surface area contributed by atoms with Crippen LogP contribution in [0.15, 0.2) is 40.9 Å². The predicted octanol–water partition coefficient (Wildman–Crippen LogP) is 2.61. The molecule has 2 rings (SSSR count). The number of aliphatic carboxylic acids is 1. The highest BCUT2D eigenvalue weighted by Crippen LogP contribution is 2.37. The number of hydrogen-bond donors (Lipinski definition) is 2. The van der Waals surface area contributed by atoms with Crippen LogP contribution in [0.2, 0.25) is 0 Å². The van der Waals surface area contributed by atoms with Crippen molar-refractivity contribution in [1.82, 2.24) is 4.90 Å². The number of carboxylic acid groups (broad SMARTS) is 1. The number of benzene rings is 2. The third-order valence-corrected chi connectivity index (χ3v) is 4.87. The molecule has 35 heavy (non-hydrogen) atoms. The molecule has 0 aromatic heterocycles. The van der Waals surface area contributed by atoms with E-state index in [4.69, 9.17) is 14.2 Å². The third kappa shape index (κ3) is 8.50. The molecule has 186 valence electrons. The van der Waals surface area contributed by atoms with Crippen molar-refractivity contribution < 1.29 is 43.3 Å². The molecule has 0 spiro atoms. The minimum Gasteiger partial charge on any atom is -0.480 e. The van der Waals surface area contributed by atoms with Crippen molar-refractivity contribution in [3.05, 3.63) is 52.0 Å². The van der Waals surface area contributed by atoms with Crippen LogP contribution >= 0.6 is 15.9 Å². The molecule has 0 aliphatic carbocycles. The van der Waals surface area contributed by atoms with Crippen LogP contribution in [0.3, 0.4) is 0 Å². The third-order valence-electron chi connectivity index (χ3n) is 4.34. The second-order valence-corrected chi connectivity index (χ2v) is 8.12. The van der Waals surface area contributed by atoms with Crippen molar-refractivity contribution >= 4 is 51.4 Å². The minimum atomic E-state index is -1.21. The maximum atomic E-state index is 12.6. The Hall–Kier alpha value is -3.77. The van der Waals surface area contributed by atoms with Gasteiger partial charge >= 0.3 is 23.9 Å². The van der Waals surface area contributed by atoms with E-state index in [0.29, 0.717) is 5.69 Å². The van der Waals surface area contributed by atoms with Crippen LogP contribution in [0, 0.1) is 0 Å². The van der Waals surface area contributed by atoms with E-state index in [1.807, 2.05) is 0 Å². The summed E-state index contributed by atoms with van der Waals surface area (Å²) in [5.74, 6) is -4.74. The molecule has 0 aliphatic heterocycles. The van der Waals surface area contributed by atoms with Gasteiger partial charge in [-0.05, 0) is 30.3 Å². The number of anilines is 1. The SMILES string of the molecule is COC(=O)c1ccc(CN(CC(=O)O)CC(=O)Nc2ccc(Br)cc2)c(OC(C)=O)c1OC(C)=O. The molecule has 0 saturated carbocycles. The normalized spacial score (nSPS) is 10.4. The van der Waals surface area contributed by atoms with Crippen LogP contribution < -0.4 is 14.8 Å². The Kier molecular flexibility index (Phi) is 9.91. The monoisotopic (exact) mass is 550 g/mol. The van der Waals surface area contributed by atoms with Crippen molar-refractivity contribution in [3.63, 3.8) is 0 Å². The molecule has 2 aromatic rings. The maximum Gasteiger partial charge on any atom is 0.341 e. The van der Waals surface area contributed by atoms with Gasteiger partial charge in [-0.1, -0.05) is 22.0 Å². The highest BCUT2D eigenvalue weighted by molar-refractivity contribution is 9.10. The van der Waals surface area contributed by atoms with Gasteiger partial charge in [0, 0.05) is 36.1 Å². The van der Waals surface area contributed by atoms with E-state index >= 15 is 0 Å². The molecule has 1 amide bonds. The molecular formula is C23H23BrN2O9. The van der Waals surface area contributed by atoms with Crippen LogP contribution in [0.4, 0.5) is 5.69 Å². The zero-order valence-electron chi connectivity index (χ0n) is 19.1. The van der Waals surface area contributed by atoms with E-state index in [1.54, 1.807) is 24.3 Å². The quantitative estimate of drug-likeness (QED) is 0.334. The Bertz CT molecular complexity index is 1130. The first-order valence-corrected chi connectivity index (χ1v) is 10.9. The van der Waals surface area contributed by atoms with Gasteiger partial charge in [0.25, 0.3) is 0 Å². The van der Waals surface area contributed by atoms with E-state index in [2.05, 4.69) is 21.2 Å². The number of carboxylic acids is 1. The number of rotatable bonds is 10. The van der Waals surface area contributed by atoms with E-state index in [-0.39, 0.29) is 35.7 Å². The average molecular weight is 551 g/mol. The minimum absolute atomic E-state index is 0.180. The second-order valence-electron chi connectivity index (χ2n) is 7.20. The Morgan fingerprint density at radius 3 is 2.06 bits per heavy atom. The molecule has 0 aliphatic rings. The van der Waals surface area contributed by atoms with Gasteiger partial charge in [0.15, 0.2) is 11.5 Å². The molecule has 12 heteroatoms. The lowest BCUT2D eigenvalue weighted by atomic mass is 10.1. The largest absolute Gasteiger partial charge is 0.480 e. The lowest BCUT2D eigenvalue weighted by molar-refractivity contribution is -0.139. The molecule has 2 aromatic carbocycles. The summed E-state index contributed by atoms with van der Waals surface area (Å²) in [5, 5.41) is 12.0. The summed E-state index contributed by atoms with van der Waals surface area (Å²) in [6, 6.07) is 9.47. The summed E-state index contributed by atoms with van der Waals surface area (Å²) in [6.07, 6.45) is 0. The number of amides is 1.